The SMILES string of the molecule is C=CCC/C=C(\C)CBr. The Bertz CT molecular complexity index is 103. The van der Waals surface area contributed by atoms with E-state index < -0.39 is 0 Å². The van der Waals surface area contributed by atoms with Crippen LogP contribution in [0.4, 0.5) is 0 Å². The van der Waals surface area contributed by atoms with E-state index in [2.05, 4.69) is 35.5 Å². The van der Waals surface area contributed by atoms with Crippen molar-refractivity contribution in [1.82, 2.24) is 0 Å². The summed E-state index contributed by atoms with van der Waals surface area (Å²) in [6, 6.07) is 0. The number of halogens is 1. The van der Waals surface area contributed by atoms with Crippen LogP contribution in [-0.2, 0) is 0 Å². The van der Waals surface area contributed by atoms with Crippen molar-refractivity contribution in [2.75, 3.05) is 5.33 Å². The van der Waals surface area contributed by atoms with Crippen LogP contribution in [0.1, 0.15) is 19.8 Å². The third-order valence-electron chi connectivity index (χ3n) is 1.07. The number of hydrogen-bond donors (Lipinski definition) is 0. The molecule has 0 aromatic heterocycles. The molecule has 0 saturated heterocycles. The normalized spacial score (nSPS) is 11.6. The highest BCUT2D eigenvalue weighted by atomic mass is 79.9. The van der Waals surface area contributed by atoms with Gasteiger partial charge in [-0.25, -0.2) is 0 Å². The van der Waals surface area contributed by atoms with Gasteiger partial charge in [-0.2, -0.15) is 0 Å². The Balaban J connectivity index is 3.31. The van der Waals surface area contributed by atoms with Gasteiger partial charge in [-0.1, -0.05) is 33.7 Å². The second-order valence-electron chi connectivity index (χ2n) is 2.05. The lowest BCUT2D eigenvalue weighted by Gasteiger charge is -1.90. The van der Waals surface area contributed by atoms with Crippen LogP contribution < -0.4 is 0 Å². The third kappa shape index (κ3) is 5.84. The molecule has 0 fully saturated rings. The van der Waals surface area contributed by atoms with E-state index in [9.17, 15) is 0 Å². The Kier molecular flexibility index (Phi) is 6.06. The van der Waals surface area contributed by atoms with Gasteiger partial charge in [0, 0.05) is 5.33 Å². The minimum absolute atomic E-state index is 0.990. The van der Waals surface area contributed by atoms with E-state index in [4.69, 9.17) is 0 Å². The zero-order valence-electron chi connectivity index (χ0n) is 5.86. The summed E-state index contributed by atoms with van der Waals surface area (Å²) >= 11 is 3.37. The van der Waals surface area contributed by atoms with Crippen LogP contribution in [0.25, 0.3) is 0 Å². The van der Waals surface area contributed by atoms with Gasteiger partial charge < -0.3 is 0 Å². The van der Waals surface area contributed by atoms with Crippen LogP contribution in [0.3, 0.4) is 0 Å². The zero-order chi connectivity index (χ0) is 7.11. The first-order chi connectivity index (χ1) is 4.31. The topological polar surface area (TPSA) is 0 Å². The maximum Gasteiger partial charge on any atom is 0.0239 e. The zero-order valence-corrected chi connectivity index (χ0v) is 7.45. The average Bonchev–Trinajstić information content (AvgIpc) is 1.89. The van der Waals surface area contributed by atoms with E-state index in [1.54, 1.807) is 0 Å². The molecule has 0 aliphatic heterocycles. The third-order valence-corrected chi connectivity index (χ3v) is 1.96. The maximum atomic E-state index is 3.64. The predicted molar refractivity (Wildman–Crippen MR) is 47.0 cm³/mol. The Morgan fingerprint density at radius 1 is 1.56 bits per heavy atom. The minimum Gasteiger partial charge on any atom is -0.103 e. The summed E-state index contributed by atoms with van der Waals surface area (Å²) in [6.07, 6.45) is 6.39. The van der Waals surface area contributed by atoms with Gasteiger partial charge in [-0.15, -0.1) is 6.58 Å². The molecule has 0 spiro atoms. The first-order valence-electron chi connectivity index (χ1n) is 3.13. The number of hydrogen-bond acceptors (Lipinski definition) is 0. The molecule has 0 aromatic carbocycles. The molecule has 0 aliphatic rings. The smallest absolute Gasteiger partial charge is 0.0239 e. The van der Waals surface area contributed by atoms with E-state index >= 15 is 0 Å². The van der Waals surface area contributed by atoms with E-state index in [0.717, 1.165) is 18.2 Å². The summed E-state index contributed by atoms with van der Waals surface area (Å²) in [5, 5.41) is 0.990. The van der Waals surface area contributed by atoms with E-state index in [0.29, 0.717) is 0 Å². The molecule has 9 heavy (non-hydrogen) atoms. The first-order valence-corrected chi connectivity index (χ1v) is 4.26. The fraction of sp³-hybridized carbons (Fsp3) is 0.500. The van der Waals surface area contributed by atoms with Crippen molar-refractivity contribution >= 4 is 15.9 Å². The summed E-state index contributed by atoms with van der Waals surface area (Å²) in [7, 11) is 0. The van der Waals surface area contributed by atoms with Crippen LogP contribution in [0.2, 0.25) is 0 Å². The fourth-order valence-electron chi connectivity index (χ4n) is 0.502. The van der Waals surface area contributed by atoms with Crippen LogP contribution in [0, 0.1) is 0 Å². The second-order valence-corrected chi connectivity index (χ2v) is 2.61. The highest BCUT2D eigenvalue weighted by Crippen LogP contribution is 2.01. The Morgan fingerprint density at radius 2 is 2.22 bits per heavy atom. The molecule has 1 heteroatoms. The van der Waals surface area contributed by atoms with Crippen molar-refractivity contribution < 1.29 is 0 Å². The number of rotatable bonds is 4. The van der Waals surface area contributed by atoms with Gasteiger partial charge in [0.25, 0.3) is 0 Å². The summed E-state index contributed by atoms with van der Waals surface area (Å²) in [5.41, 5.74) is 1.40. The van der Waals surface area contributed by atoms with E-state index in [-0.39, 0.29) is 0 Å². The molecule has 52 valence electrons. The van der Waals surface area contributed by atoms with Crippen molar-refractivity contribution in [3.63, 3.8) is 0 Å². The molecule has 0 rings (SSSR count). The monoisotopic (exact) mass is 188 g/mol. The van der Waals surface area contributed by atoms with Gasteiger partial charge in [-0.05, 0) is 19.8 Å². The second kappa shape index (κ2) is 6.09. The Hall–Kier alpha value is -0.0400. The molecular weight excluding hydrogens is 176 g/mol. The van der Waals surface area contributed by atoms with Gasteiger partial charge in [0.2, 0.25) is 0 Å². The standard InChI is InChI=1S/C8H13Br/c1-3-4-5-6-8(2)7-9/h3,6H,1,4-5,7H2,2H3/b8-6+. The van der Waals surface area contributed by atoms with Crippen molar-refractivity contribution in [3.8, 4) is 0 Å². The van der Waals surface area contributed by atoms with Gasteiger partial charge >= 0.3 is 0 Å². The lowest BCUT2D eigenvalue weighted by Crippen LogP contribution is -1.74. The highest BCUT2D eigenvalue weighted by Gasteiger charge is 1.81. The highest BCUT2D eigenvalue weighted by molar-refractivity contribution is 9.09. The quantitative estimate of drug-likeness (QED) is 0.361. The average molecular weight is 189 g/mol. The lowest BCUT2D eigenvalue weighted by atomic mass is 10.2. The maximum absolute atomic E-state index is 3.64. The molecule has 0 amide bonds. The fourth-order valence-corrected chi connectivity index (χ4v) is 0.731. The van der Waals surface area contributed by atoms with Crippen LogP contribution in [-0.4, -0.2) is 5.33 Å². The van der Waals surface area contributed by atoms with Crippen molar-refractivity contribution in [3.05, 3.63) is 24.3 Å². The molecule has 0 aliphatic carbocycles. The lowest BCUT2D eigenvalue weighted by molar-refractivity contribution is 1.04. The van der Waals surface area contributed by atoms with Gasteiger partial charge in [-0.3, -0.25) is 0 Å². The van der Waals surface area contributed by atoms with E-state index in [1.807, 2.05) is 6.08 Å². The van der Waals surface area contributed by atoms with Crippen molar-refractivity contribution in [2.45, 2.75) is 19.8 Å². The molecule has 0 heterocycles. The predicted octanol–water partition coefficient (Wildman–Crippen LogP) is 3.29. The van der Waals surface area contributed by atoms with Crippen LogP contribution >= 0.6 is 15.9 Å². The molecule has 0 radical (unpaired) electrons. The molecule has 0 atom stereocenters. The summed E-state index contributed by atoms with van der Waals surface area (Å²) in [5.74, 6) is 0. The van der Waals surface area contributed by atoms with Crippen LogP contribution in [0.5, 0.6) is 0 Å². The Morgan fingerprint density at radius 3 is 2.67 bits per heavy atom. The molecule has 0 saturated carbocycles. The van der Waals surface area contributed by atoms with Crippen molar-refractivity contribution in [1.29, 1.82) is 0 Å². The number of allylic oxidation sites excluding steroid dienone is 3. The molecule has 0 aromatic rings. The largest absolute Gasteiger partial charge is 0.103 e. The van der Waals surface area contributed by atoms with Crippen molar-refractivity contribution in [2.24, 2.45) is 0 Å². The van der Waals surface area contributed by atoms with Gasteiger partial charge in [0.05, 0.1) is 0 Å². The summed E-state index contributed by atoms with van der Waals surface area (Å²) in [4.78, 5) is 0. The van der Waals surface area contributed by atoms with E-state index in [1.165, 1.54) is 5.57 Å². The molecule has 0 N–H and O–H groups in total. The molecule has 0 unspecified atom stereocenters. The van der Waals surface area contributed by atoms with Gasteiger partial charge in [0.15, 0.2) is 0 Å². The summed E-state index contributed by atoms with van der Waals surface area (Å²) < 4.78 is 0. The minimum atomic E-state index is 0.990. The number of unbranched alkanes of at least 4 members (excludes halogenated alkanes) is 1. The molecule has 0 bridgehead atoms. The molecule has 0 nitrogen and oxygen atoms in total. The van der Waals surface area contributed by atoms with Gasteiger partial charge in [0.1, 0.15) is 0 Å². The van der Waals surface area contributed by atoms with Crippen LogP contribution in [0.15, 0.2) is 24.3 Å². The Labute approximate surface area is 65.8 Å². The summed E-state index contributed by atoms with van der Waals surface area (Å²) in [6.45, 7) is 5.77. The molecular formula is C8H13Br. The number of alkyl halides is 1. The first kappa shape index (κ1) is 8.96.